The Hall–Kier alpha value is -0.110. The van der Waals surface area contributed by atoms with Crippen LogP contribution in [-0.2, 0) is 4.74 Å². The molecule has 0 aliphatic carbocycles. The van der Waals surface area contributed by atoms with Gasteiger partial charge in [0.05, 0.1) is 16.4 Å². The molecule has 0 saturated carbocycles. The number of ether oxygens (including phenoxy) is 1. The van der Waals surface area contributed by atoms with Gasteiger partial charge in [-0.15, -0.1) is 11.3 Å². The molecule has 1 rings (SSSR count). The molecule has 1 atom stereocenters. The first kappa shape index (κ1) is 15.9. The van der Waals surface area contributed by atoms with Crippen molar-refractivity contribution in [1.82, 2.24) is 5.32 Å². The van der Waals surface area contributed by atoms with Crippen molar-refractivity contribution >= 4 is 27.3 Å². The Balaban J connectivity index is 2.60. The van der Waals surface area contributed by atoms with Crippen LogP contribution in [0.25, 0.3) is 0 Å². The van der Waals surface area contributed by atoms with Crippen LogP contribution >= 0.6 is 27.3 Å². The average Bonchev–Trinajstić information content (AvgIpc) is 2.56. The van der Waals surface area contributed by atoms with E-state index in [9.17, 15) is 13.2 Å². The van der Waals surface area contributed by atoms with E-state index in [1.807, 2.05) is 19.9 Å². The van der Waals surface area contributed by atoms with E-state index in [0.717, 1.165) is 14.2 Å². The zero-order valence-corrected chi connectivity index (χ0v) is 12.5. The van der Waals surface area contributed by atoms with Gasteiger partial charge in [-0.1, -0.05) is 6.92 Å². The Kier molecular flexibility index (Phi) is 6.10. The normalized spacial score (nSPS) is 13.9. The lowest BCUT2D eigenvalue weighted by atomic mass is 10.2. The molecule has 1 N–H and O–H groups in total. The number of halogens is 4. The quantitative estimate of drug-likeness (QED) is 0.839. The summed E-state index contributed by atoms with van der Waals surface area (Å²) in [7, 11) is 0. The van der Waals surface area contributed by atoms with Crippen LogP contribution < -0.4 is 5.32 Å². The highest BCUT2D eigenvalue weighted by Crippen LogP contribution is 2.31. The van der Waals surface area contributed by atoms with Crippen LogP contribution in [0.4, 0.5) is 13.2 Å². The van der Waals surface area contributed by atoms with Gasteiger partial charge in [0.2, 0.25) is 0 Å². The summed E-state index contributed by atoms with van der Waals surface area (Å²) >= 11 is 4.92. The molecule has 1 heterocycles. The average molecular weight is 346 g/mol. The van der Waals surface area contributed by atoms with E-state index in [1.54, 1.807) is 0 Å². The minimum absolute atomic E-state index is 0.0136. The molecule has 0 fully saturated rings. The van der Waals surface area contributed by atoms with E-state index in [2.05, 4.69) is 21.2 Å². The Morgan fingerprint density at radius 3 is 2.61 bits per heavy atom. The van der Waals surface area contributed by atoms with Gasteiger partial charge < -0.3 is 10.1 Å². The van der Waals surface area contributed by atoms with Gasteiger partial charge in [-0.2, -0.15) is 13.2 Å². The Labute approximate surface area is 117 Å². The minimum atomic E-state index is -4.28. The number of likely N-dealkylation sites (N-methyl/N-ethyl adjacent to an activating group) is 1. The van der Waals surface area contributed by atoms with Crippen molar-refractivity contribution in [3.63, 3.8) is 0 Å². The van der Waals surface area contributed by atoms with Gasteiger partial charge in [-0.25, -0.2) is 0 Å². The fourth-order valence-corrected chi connectivity index (χ4v) is 3.07. The number of rotatable bonds is 6. The number of nitrogens with one attached hydrogen (secondary N) is 1. The Morgan fingerprint density at radius 2 is 2.17 bits per heavy atom. The number of aryl methyl sites for hydroxylation is 1. The molecular weight excluding hydrogens is 331 g/mol. The molecule has 0 bridgehead atoms. The van der Waals surface area contributed by atoms with Crippen LogP contribution in [0, 0.1) is 6.92 Å². The van der Waals surface area contributed by atoms with E-state index < -0.39 is 12.8 Å². The molecule has 0 aromatic carbocycles. The second-order valence-corrected chi connectivity index (χ2v) is 6.25. The molecule has 2 nitrogen and oxygen atoms in total. The maximum atomic E-state index is 12.0. The van der Waals surface area contributed by atoms with Crippen molar-refractivity contribution in [2.75, 3.05) is 19.8 Å². The highest BCUT2D eigenvalue weighted by Gasteiger charge is 2.28. The summed E-state index contributed by atoms with van der Waals surface area (Å²) in [4.78, 5) is 0.975. The number of thiophene rings is 1. The van der Waals surface area contributed by atoms with Crippen LogP contribution in [-0.4, -0.2) is 25.9 Å². The molecule has 1 aromatic rings. The fraction of sp³-hybridized carbons (Fsp3) is 0.636. The van der Waals surface area contributed by atoms with E-state index in [4.69, 9.17) is 4.74 Å². The van der Waals surface area contributed by atoms with E-state index in [-0.39, 0.29) is 12.6 Å². The summed E-state index contributed by atoms with van der Waals surface area (Å²) in [5, 5.41) is 3.12. The molecule has 0 aliphatic heterocycles. The summed E-state index contributed by atoms with van der Waals surface area (Å²) in [6.07, 6.45) is -4.28. The first-order valence-corrected chi connectivity index (χ1v) is 7.08. The van der Waals surface area contributed by atoms with Crippen LogP contribution in [0.5, 0.6) is 0 Å². The molecule has 7 heteroatoms. The zero-order valence-electron chi connectivity index (χ0n) is 10.1. The van der Waals surface area contributed by atoms with E-state index in [0.29, 0.717) is 6.54 Å². The first-order chi connectivity index (χ1) is 8.33. The van der Waals surface area contributed by atoms with Gasteiger partial charge in [0.25, 0.3) is 0 Å². The lowest BCUT2D eigenvalue weighted by Gasteiger charge is -2.17. The third kappa shape index (κ3) is 5.26. The lowest BCUT2D eigenvalue weighted by Crippen LogP contribution is -2.27. The number of hydrogen-bond acceptors (Lipinski definition) is 3. The third-order valence-electron chi connectivity index (χ3n) is 2.22. The van der Waals surface area contributed by atoms with Crippen molar-refractivity contribution in [3.8, 4) is 0 Å². The Morgan fingerprint density at radius 1 is 1.50 bits per heavy atom. The summed E-state index contributed by atoms with van der Waals surface area (Å²) in [5.74, 6) is 0. The van der Waals surface area contributed by atoms with Crippen LogP contribution in [0.1, 0.15) is 23.4 Å². The van der Waals surface area contributed by atoms with Gasteiger partial charge >= 0.3 is 6.18 Å². The maximum absolute atomic E-state index is 12.0. The van der Waals surface area contributed by atoms with Gasteiger partial charge in [0.15, 0.2) is 0 Å². The molecule has 1 aromatic heterocycles. The minimum Gasteiger partial charge on any atom is -0.370 e. The van der Waals surface area contributed by atoms with Crippen molar-refractivity contribution < 1.29 is 17.9 Å². The van der Waals surface area contributed by atoms with Crippen molar-refractivity contribution in [3.05, 3.63) is 20.3 Å². The summed E-state index contributed by atoms with van der Waals surface area (Å²) < 4.78 is 41.8. The number of alkyl halides is 3. The molecule has 1 unspecified atom stereocenters. The third-order valence-corrected chi connectivity index (χ3v) is 4.47. The van der Waals surface area contributed by atoms with Gasteiger partial charge in [0, 0.05) is 4.88 Å². The first-order valence-electron chi connectivity index (χ1n) is 5.47. The monoisotopic (exact) mass is 345 g/mol. The summed E-state index contributed by atoms with van der Waals surface area (Å²) in [6, 6.07) is 1.76. The van der Waals surface area contributed by atoms with Gasteiger partial charge in [0.1, 0.15) is 6.61 Å². The van der Waals surface area contributed by atoms with Crippen molar-refractivity contribution in [2.24, 2.45) is 0 Å². The topological polar surface area (TPSA) is 21.3 Å². The Bertz CT molecular complexity index is 361. The van der Waals surface area contributed by atoms with Crippen molar-refractivity contribution in [1.29, 1.82) is 0 Å². The lowest BCUT2D eigenvalue weighted by molar-refractivity contribution is -0.175. The molecule has 0 aliphatic rings. The van der Waals surface area contributed by atoms with Gasteiger partial charge in [-0.3, -0.25) is 0 Å². The number of hydrogen-bond donors (Lipinski definition) is 1. The molecular formula is C11H15BrF3NOS. The van der Waals surface area contributed by atoms with E-state index >= 15 is 0 Å². The largest absolute Gasteiger partial charge is 0.411 e. The van der Waals surface area contributed by atoms with Crippen LogP contribution in [0.3, 0.4) is 0 Å². The second kappa shape index (κ2) is 6.88. The fourth-order valence-electron chi connectivity index (χ4n) is 1.44. The predicted molar refractivity (Wildman–Crippen MR) is 70.0 cm³/mol. The van der Waals surface area contributed by atoms with E-state index in [1.165, 1.54) is 11.3 Å². The summed E-state index contributed by atoms with van der Waals surface area (Å²) in [6.45, 7) is 3.34. The SMILES string of the molecule is CCNC(COCC(F)(F)F)c1cc(C)c(Br)s1. The highest BCUT2D eigenvalue weighted by atomic mass is 79.9. The van der Waals surface area contributed by atoms with Crippen LogP contribution in [0.2, 0.25) is 0 Å². The second-order valence-electron chi connectivity index (χ2n) is 3.85. The molecule has 0 spiro atoms. The van der Waals surface area contributed by atoms with Gasteiger partial charge in [-0.05, 0) is 41.0 Å². The molecule has 18 heavy (non-hydrogen) atoms. The highest BCUT2D eigenvalue weighted by molar-refractivity contribution is 9.11. The van der Waals surface area contributed by atoms with Crippen LogP contribution in [0.15, 0.2) is 9.85 Å². The zero-order chi connectivity index (χ0) is 13.8. The molecule has 0 saturated heterocycles. The molecule has 0 radical (unpaired) electrons. The molecule has 0 amide bonds. The van der Waals surface area contributed by atoms with Crippen molar-refractivity contribution in [2.45, 2.75) is 26.1 Å². The summed E-state index contributed by atoms with van der Waals surface area (Å²) in [5.41, 5.74) is 1.08. The molecule has 104 valence electrons. The maximum Gasteiger partial charge on any atom is 0.411 e. The standard InChI is InChI=1S/C11H15BrF3NOS/c1-3-16-8(5-17-6-11(13,14)15)9-4-7(2)10(12)18-9/h4,8,16H,3,5-6H2,1-2H3. The predicted octanol–water partition coefficient (Wildman–Crippen LogP) is 4.05. The smallest absolute Gasteiger partial charge is 0.370 e.